The number of benzene rings is 8. The second-order valence-electron chi connectivity index (χ2n) is 26.9. The van der Waals surface area contributed by atoms with E-state index in [2.05, 4.69) is 71.8 Å². The third-order valence-electron chi connectivity index (χ3n) is 19.5. The fraction of sp³-hybridized carbons (Fsp3) is 0.111. The summed E-state index contributed by atoms with van der Waals surface area (Å²) in [6.07, 6.45) is -19.3. The maximum atomic E-state index is 13.6. The average Bonchev–Trinajstić information content (AvgIpc) is 1.56. The lowest BCUT2D eigenvalue weighted by atomic mass is 9.95. The number of aliphatic imine (C=N–C) groups is 4. The number of nitrogens with one attached hydrogen (secondary N) is 4. The van der Waals surface area contributed by atoms with E-state index in [-0.39, 0.29) is 90.0 Å². The first-order valence-corrected chi connectivity index (χ1v) is 37.0. The number of nitro benzene ring substituents is 2. The second kappa shape index (κ2) is 32.4. The van der Waals surface area contributed by atoms with Gasteiger partial charge in [0.25, 0.3) is 35.0 Å². The van der Waals surface area contributed by atoms with E-state index in [1.165, 1.54) is 0 Å². The van der Waals surface area contributed by atoms with Crippen molar-refractivity contribution in [3.8, 4) is 80.0 Å². The quantitative estimate of drug-likeness (QED) is 0.0320. The molecule has 8 aromatic carbocycles. The molecule has 24 nitrogen and oxygen atoms in total. The summed E-state index contributed by atoms with van der Waals surface area (Å²) >= 11 is 18.9. The van der Waals surface area contributed by atoms with E-state index < -0.39 is 149 Å². The first-order chi connectivity index (χ1) is 57.6. The number of aromatic amines is 4. The zero-order chi connectivity index (χ0) is 89.8. The van der Waals surface area contributed by atoms with Gasteiger partial charge in [-0.05, 0) is 191 Å². The average molecular weight is 1880 g/mol. The van der Waals surface area contributed by atoms with Crippen molar-refractivity contribution in [2.24, 2.45) is 20.0 Å². The number of amides is 4. The van der Waals surface area contributed by atoms with Crippen molar-refractivity contribution in [1.29, 1.82) is 0 Å². The van der Waals surface area contributed by atoms with E-state index in [1.807, 2.05) is 45.0 Å². The summed E-state index contributed by atoms with van der Waals surface area (Å²) < 4.78 is 196. The number of fused-ring (bicyclic) bond motifs is 4. The van der Waals surface area contributed by atoms with Gasteiger partial charge < -0.3 is 49.8 Å². The molecule has 8 heterocycles. The molecule has 0 radical (unpaired) electrons. The topological polar surface area (TPSA) is 367 Å². The fourth-order valence-electron chi connectivity index (χ4n) is 13.6. The molecule has 42 heteroatoms. The highest BCUT2D eigenvalue weighted by Gasteiger charge is 2.44. The smallest absolute Gasteiger partial charge is 0.416 e. The lowest BCUT2D eigenvalue weighted by Gasteiger charge is -2.10. The summed E-state index contributed by atoms with van der Waals surface area (Å²) in [7, 11) is 3.15. The van der Waals surface area contributed by atoms with Gasteiger partial charge in [-0.1, -0.05) is 23.2 Å². The first kappa shape index (κ1) is 87.2. The van der Waals surface area contributed by atoms with Gasteiger partial charge in [-0.3, -0.25) is 39.4 Å². The van der Waals surface area contributed by atoms with E-state index in [1.54, 1.807) is 38.5 Å². The van der Waals surface area contributed by atoms with Crippen LogP contribution >= 0.6 is 55.1 Å². The number of aromatic nitrogens is 4. The molecule has 8 N–H and O–H groups in total. The molecule has 0 atom stereocenters. The third-order valence-corrected chi connectivity index (χ3v) is 21.4. The van der Waals surface area contributed by atoms with Crippen LogP contribution in [0.25, 0.3) is 45.0 Å². The van der Waals surface area contributed by atoms with Crippen LogP contribution in [0.2, 0.25) is 10.0 Å². The summed E-state index contributed by atoms with van der Waals surface area (Å²) in [5, 5.41) is 64.3. The highest BCUT2D eigenvalue weighted by atomic mass is 79.9. The number of methoxy groups -OCH3 is 2. The first-order valence-electron chi connectivity index (χ1n) is 34.6. The minimum atomic E-state index is -4.94. The van der Waals surface area contributed by atoms with Crippen LogP contribution in [0.5, 0.6) is 35.0 Å². The Balaban J connectivity index is 0.000000142. The van der Waals surface area contributed by atoms with Crippen molar-refractivity contribution < 1.29 is 120 Å². The van der Waals surface area contributed by atoms with Gasteiger partial charge in [0.05, 0.1) is 162 Å². The number of nitrogens with zero attached hydrogens (tertiary/aromatic N) is 6. The van der Waals surface area contributed by atoms with Crippen LogP contribution in [0.15, 0.2) is 168 Å². The molecule has 4 aromatic heterocycles. The number of carbonyl (C=O) groups excluding carboxylic acids is 4. The van der Waals surface area contributed by atoms with E-state index in [4.69, 9.17) is 32.7 Å². The summed E-state index contributed by atoms with van der Waals surface area (Å²) in [4.78, 5) is 96.8. The molecule has 0 aliphatic carbocycles. The molecule has 0 bridgehead atoms. The number of halogens is 18. The van der Waals surface area contributed by atoms with Crippen LogP contribution in [-0.4, -0.2) is 111 Å². The number of hydrogen-bond donors (Lipinski definition) is 8. The summed E-state index contributed by atoms with van der Waals surface area (Å²) in [5.41, 5.74) is -4.22. The molecule has 4 aliphatic rings. The minimum Gasteiger partial charge on any atom is -0.496 e. The molecular weight excluding hydrogens is 1830 g/mol. The van der Waals surface area contributed by atoms with Crippen LogP contribution in [0.1, 0.15) is 125 Å². The van der Waals surface area contributed by atoms with Gasteiger partial charge in [0, 0.05) is 56.6 Å². The van der Waals surface area contributed by atoms with Gasteiger partial charge in [-0.15, -0.1) is 0 Å². The third kappa shape index (κ3) is 16.5. The van der Waals surface area contributed by atoms with Crippen LogP contribution in [-0.2, 0) is 24.7 Å². The number of hydrogen-bond acceptors (Lipinski definition) is 14. The molecule has 4 amide bonds. The molecule has 4 aliphatic heterocycles. The zero-order valence-electron chi connectivity index (χ0n) is 62.1. The number of carbonyl (C=O) groups is 4. The normalized spacial score (nSPS) is 13.4. The molecule has 0 saturated carbocycles. The van der Waals surface area contributed by atoms with Crippen molar-refractivity contribution in [1.82, 2.24) is 19.9 Å². The molecule has 16 rings (SSSR count). The van der Waals surface area contributed by atoms with Crippen LogP contribution in [0, 0.1) is 52.6 Å². The SMILES string of the molecule is COc1ccc(C2=NC(=O)c3c(-c4ccc(OC)c(Br)c4)[nH]c(O)c32)cc1Br.Cc1cc(C2=NC(=O)c3c(-c4cc(F)cc(F)c4)[nH]c(O)c32)cc(C)c1C.O=C1N=C(c2cc(C(F)(F)F)ccc2Cl)c2c(O)[nH]c(-c3cc(C(F)(F)F)ccc3Cl)c21.O=C1N=C(c2ccc(C(F)(F)F)cc2[N+](=O)[O-])c2c(O)[nH]c(-c3ccc(C(F)(F)F)cc3[N+](=O)[O-])c21. The van der Waals surface area contributed by atoms with E-state index in [9.17, 15) is 121 Å². The number of aryl methyl sites for hydroxylation is 2. The number of alkyl halides is 12. The Hall–Kier alpha value is -13.6. The molecule has 0 spiro atoms. The number of ether oxygens (including phenoxy) is 2. The summed E-state index contributed by atoms with van der Waals surface area (Å²) in [6, 6.07) is 25.0. The van der Waals surface area contributed by atoms with Crippen molar-refractivity contribution in [3.63, 3.8) is 0 Å². The van der Waals surface area contributed by atoms with Gasteiger partial charge in [-0.25, -0.2) is 28.8 Å². The Labute approximate surface area is 705 Å². The highest BCUT2D eigenvalue weighted by molar-refractivity contribution is 9.11. The van der Waals surface area contributed by atoms with Crippen LogP contribution < -0.4 is 9.47 Å². The Kier molecular flexibility index (Phi) is 23.0. The molecule has 0 unspecified atom stereocenters. The number of rotatable bonds is 12. The Morgan fingerprint density at radius 1 is 0.374 bits per heavy atom. The van der Waals surface area contributed by atoms with Gasteiger partial charge >= 0.3 is 24.7 Å². The Morgan fingerprint density at radius 2 is 0.699 bits per heavy atom. The van der Waals surface area contributed by atoms with E-state index in [0.717, 1.165) is 73.7 Å². The van der Waals surface area contributed by atoms with Crippen molar-refractivity contribution in [2.75, 3.05) is 14.2 Å². The van der Waals surface area contributed by atoms with Gasteiger partial charge in [0.15, 0.2) is 23.5 Å². The highest BCUT2D eigenvalue weighted by Crippen LogP contribution is 2.49. The molecule has 630 valence electrons. The zero-order valence-corrected chi connectivity index (χ0v) is 66.8. The molecule has 12 aromatic rings. The minimum absolute atomic E-state index is 0.103. The second-order valence-corrected chi connectivity index (χ2v) is 29.4. The van der Waals surface area contributed by atoms with E-state index >= 15 is 0 Å². The van der Waals surface area contributed by atoms with Gasteiger partial charge in [-0.2, -0.15) is 52.7 Å². The molecule has 0 saturated heterocycles. The van der Waals surface area contributed by atoms with Gasteiger partial charge in [0.1, 0.15) is 23.1 Å². The lowest BCUT2D eigenvalue weighted by Crippen LogP contribution is -2.10. The Morgan fingerprint density at radius 3 is 1.12 bits per heavy atom. The Bertz CT molecular complexity index is 6680. The van der Waals surface area contributed by atoms with Crippen LogP contribution in [0.3, 0.4) is 0 Å². The maximum absolute atomic E-state index is 13.6. The largest absolute Gasteiger partial charge is 0.496 e. The summed E-state index contributed by atoms with van der Waals surface area (Å²) in [6.45, 7) is 5.93. The predicted octanol–water partition coefficient (Wildman–Crippen LogP) is 21.5. The molecule has 123 heavy (non-hydrogen) atoms. The predicted molar refractivity (Wildman–Crippen MR) is 423 cm³/mol. The lowest BCUT2D eigenvalue weighted by molar-refractivity contribution is -0.385. The molecular formula is C81H46Br2Cl2F14N10O14. The van der Waals surface area contributed by atoms with Gasteiger partial charge in [0.2, 0.25) is 0 Å². The van der Waals surface area contributed by atoms with Crippen molar-refractivity contribution in [3.05, 3.63) is 296 Å². The van der Waals surface area contributed by atoms with E-state index in [0.29, 0.717) is 87.3 Å². The number of H-pyrrole nitrogens is 4. The number of aromatic hydroxyl groups is 4. The standard InChI is InChI=1S/C21H16F2N2O2.C20H14Br2N2O4.C20H8Cl2F6N2O2.C20H8F6N4O6/c1-9-4-12(5-10(2)11(9)3)18-16-17(21(27)24-18)19(25-20(16)26)13-6-14(22)8-15(23)7-13;1-27-13-5-3-9(7-11(13)21)17-15-16(20(26)23-17)18(24-19(15)25)10-4-6-14(28-2)12(22)8-10;21-11-3-1-7(19(23,24)25)5-9(11)15-13-14(18(32)29-15)16(30-17(13)31)10-6-8(20(26,27)28)2-4-12(10)22;21-19(22,23)7-1-3-9(11(5-7)29(33)34)15-13-14(18(32)27-15)16(28-17(13)31)10-4-2-8(20(24,25)26)6-12(10)30(35)36/h4-8,25-26H,1-3H3;3-8,23,26H,1-2H3;1-6,29,32H;1-6,27,32H. The number of nitro groups is 2. The van der Waals surface area contributed by atoms with Crippen molar-refractivity contribution in [2.45, 2.75) is 45.5 Å². The fourth-order valence-corrected chi connectivity index (χ4v) is 15.1. The molecule has 0 fully saturated rings. The van der Waals surface area contributed by atoms with Crippen molar-refractivity contribution >= 4 is 113 Å². The summed E-state index contributed by atoms with van der Waals surface area (Å²) in [5.74, 6) is -5.33. The monoisotopic (exact) mass is 1880 g/mol. The van der Waals surface area contributed by atoms with Crippen LogP contribution in [0.4, 0.5) is 72.8 Å². The maximum Gasteiger partial charge on any atom is 0.416 e.